The number of carbonyl (C=O) groups is 1. The first kappa shape index (κ1) is 22.5. The number of imidazole rings is 1. The maximum Gasteiger partial charge on any atom is 0.326 e. The molecule has 9 heteroatoms. The third-order valence-corrected chi connectivity index (χ3v) is 6.24. The lowest BCUT2D eigenvalue weighted by molar-refractivity contribution is 0.0906. The topological polar surface area (TPSA) is 111 Å². The van der Waals surface area contributed by atoms with Crippen LogP contribution >= 0.6 is 11.6 Å². The number of piperidine rings is 1. The minimum Gasteiger partial charge on any atom is -0.395 e. The lowest BCUT2D eigenvalue weighted by Crippen LogP contribution is -2.39. The fraction of sp³-hybridized carbons (Fsp3) is 0.391. The van der Waals surface area contributed by atoms with Crippen molar-refractivity contribution in [3.63, 3.8) is 0 Å². The van der Waals surface area contributed by atoms with Crippen LogP contribution in [0.25, 0.3) is 11.0 Å². The van der Waals surface area contributed by atoms with E-state index in [0.717, 1.165) is 37.0 Å². The van der Waals surface area contributed by atoms with Crippen molar-refractivity contribution in [1.29, 1.82) is 0 Å². The molecule has 0 aliphatic carbocycles. The molecule has 1 amide bonds. The van der Waals surface area contributed by atoms with Crippen LogP contribution in [-0.2, 0) is 0 Å². The molecule has 0 bridgehead atoms. The molecule has 170 valence electrons. The molecule has 1 aromatic heterocycles. The highest BCUT2D eigenvalue weighted by Crippen LogP contribution is 2.27. The van der Waals surface area contributed by atoms with E-state index in [2.05, 4.69) is 15.2 Å². The van der Waals surface area contributed by atoms with Crippen molar-refractivity contribution in [3.8, 4) is 0 Å². The number of aromatic nitrogens is 2. The third kappa shape index (κ3) is 4.88. The number of H-pyrrole nitrogens is 1. The molecule has 2 aromatic carbocycles. The molecule has 1 fully saturated rings. The number of benzene rings is 2. The number of rotatable bonds is 7. The molecule has 2 heterocycles. The van der Waals surface area contributed by atoms with Crippen LogP contribution in [0.3, 0.4) is 0 Å². The third-order valence-electron chi connectivity index (χ3n) is 5.98. The van der Waals surface area contributed by atoms with Crippen LogP contribution in [0.5, 0.6) is 0 Å². The minimum absolute atomic E-state index is 0.0502. The van der Waals surface area contributed by atoms with E-state index in [1.807, 2.05) is 12.1 Å². The quantitative estimate of drug-likeness (QED) is 0.433. The molecule has 0 saturated carbocycles. The van der Waals surface area contributed by atoms with Gasteiger partial charge < -0.3 is 25.4 Å². The van der Waals surface area contributed by atoms with E-state index >= 15 is 0 Å². The van der Waals surface area contributed by atoms with Crippen LogP contribution in [0.2, 0.25) is 5.02 Å². The van der Waals surface area contributed by atoms with Crippen molar-refractivity contribution >= 4 is 28.5 Å². The number of β-amino-alcohol motifs (C(OH)–C–C–N with tert-alkyl or cyclic N) is 1. The van der Waals surface area contributed by atoms with Crippen LogP contribution in [0.4, 0.5) is 0 Å². The Bertz CT molecular complexity index is 1130. The number of aromatic amines is 1. The van der Waals surface area contributed by atoms with E-state index in [0.29, 0.717) is 22.6 Å². The highest BCUT2D eigenvalue weighted by molar-refractivity contribution is 6.30. The highest BCUT2D eigenvalue weighted by Gasteiger charge is 2.25. The number of nitrogens with one attached hydrogen (secondary N) is 2. The number of likely N-dealkylation sites (tertiary alicyclic amines) is 1. The normalized spacial score (nSPS) is 16.3. The average molecular weight is 459 g/mol. The number of amides is 1. The Morgan fingerprint density at radius 3 is 2.59 bits per heavy atom. The number of fused-ring (bicyclic) bond motifs is 1. The molecule has 3 aromatic rings. The Balaban J connectivity index is 1.42. The van der Waals surface area contributed by atoms with Crippen molar-refractivity contribution in [2.75, 3.05) is 32.8 Å². The van der Waals surface area contributed by atoms with E-state index in [9.17, 15) is 14.7 Å². The summed E-state index contributed by atoms with van der Waals surface area (Å²) in [6.45, 7) is 2.13. The molecule has 8 nitrogen and oxygen atoms in total. The van der Waals surface area contributed by atoms with Crippen molar-refractivity contribution in [2.45, 2.75) is 25.0 Å². The first-order valence-electron chi connectivity index (χ1n) is 10.8. The molecule has 1 aliphatic rings. The first-order valence-corrected chi connectivity index (χ1v) is 11.1. The second-order valence-corrected chi connectivity index (χ2v) is 8.55. The fourth-order valence-corrected chi connectivity index (χ4v) is 4.43. The number of hydrogen-bond acceptors (Lipinski definition) is 5. The van der Waals surface area contributed by atoms with Gasteiger partial charge in [-0.15, -0.1) is 0 Å². The van der Waals surface area contributed by atoms with E-state index in [4.69, 9.17) is 16.7 Å². The summed E-state index contributed by atoms with van der Waals surface area (Å²) in [4.78, 5) is 29.9. The van der Waals surface area contributed by atoms with E-state index < -0.39 is 6.10 Å². The van der Waals surface area contributed by atoms with Gasteiger partial charge in [0.25, 0.3) is 5.91 Å². The number of halogens is 1. The zero-order valence-electron chi connectivity index (χ0n) is 17.6. The maximum absolute atomic E-state index is 12.7. The molecule has 1 aliphatic heterocycles. The SMILES string of the molecule is O=C(NCCO)c1ccc2c(c1)[nH]c(=O)n2C1CCN(CC(O)c2ccc(Cl)cc2)CC1. The lowest BCUT2D eigenvalue weighted by atomic mass is 10.0. The molecule has 0 radical (unpaired) electrons. The summed E-state index contributed by atoms with van der Waals surface area (Å²) in [5.74, 6) is -0.290. The second-order valence-electron chi connectivity index (χ2n) is 8.11. The number of carbonyl (C=O) groups excluding carboxylic acids is 1. The van der Waals surface area contributed by atoms with Gasteiger partial charge in [-0.1, -0.05) is 23.7 Å². The maximum atomic E-state index is 12.7. The largest absolute Gasteiger partial charge is 0.395 e. The van der Waals surface area contributed by atoms with Gasteiger partial charge >= 0.3 is 5.69 Å². The fourth-order valence-electron chi connectivity index (χ4n) is 4.30. The van der Waals surface area contributed by atoms with Gasteiger partial charge in [0.1, 0.15) is 0 Å². The van der Waals surface area contributed by atoms with Crippen molar-refractivity contribution in [3.05, 3.63) is 69.1 Å². The zero-order chi connectivity index (χ0) is 22.7. The number of nitrogens with zero attached hydrogens (tertiary/aromatic N) is 2. The number of aliphatic hydroxyl groups excluding tert-OH is 2. The van der Waals surface area contributed by atoms with E-state index in [1.165, 1.54) is 0 Å². The molecule has 32 heavy (non-hydrogen) atoms. The minimum atomic E-state index is -0.588. The molecule has 4 N–H and O–H groups in total. The Labute approximate surface area is 190 Å². The molecular weight excluding hydrogens is 432 g/mol. The molecular formula is C23H27ClN4O4. The Hall–Kier alpha value is -2.65. The second kappa shape index (κ2) is 9.87. The Morgan fingerprint density at radius 1 is 1.19 bits per heavy atom. The van der Waals surface area contributed by atoms with Crippen molar-refractivity contribution in [2.24, 2.45) is 0 Å². The lowest BCUT2D eigenvalue weighted by Gasteiger charge is -2.33. The number of hydrogen-bond donors (Lipinski definition) is 4. The first-order chi connectivity index (χ1) is 15.5. The zero-order valence-corrected chi connectivity index (χ0v) is 18.4. The van der Waals surface area contributed by atoms with Crippen LogP contribution in [0, 0.1) is 0 Å². The van der Waals surface area contributed by atoms with Gasteiger partial charge in [0.2, 0.25) is 0 Å². The van der Waals surface area contributed by atoms with E-state index in [-0.39, 0.29) is 30.8 Å². The molecule has 4 rings (SSSR count). The standard InChI is InChI=1S/C23H27ClN4O4/c24-17-4-1-15(2-5-17)21(30)14-27-10-7-18(8-11-27)28-20-6-3-16(22(31)25-9-12-29)13-19(20)26-23(28)32/h1-6,13,18,21,29-30H,7-12,14H2,(H,25,31)(H,26,32). The number of aliphatic hydroxyl groups is 2. The summed E-state index contributed by atoms with van der Waals surface area (Å²) in [7, 11) is 0. The van der Waals surface area contributed by atoms with Crippen LogP contribution in [0.1, 0.15) is 40.9 Å². The van der Waals surface area contributed by atoms with Gasteiger partial charge in [-0.2, -0.15) is 0 Å². The molecule has 0 spiro atoms. The summed E-state index contributed by atoms with van der Waals surface area (Å²) in [5.41, 5.74) is 2.47. The van der Waals surface area contributed by atoms with Crippen LogP contribution in [-0.4, -0.2) is 63.4 Å². The van der Waals surface area contributed by atoms with Gasteiger partial charge in [-0.3, -0.25) is 9.36 Å². The predicted molar refractivity (Wildman–Crippen MR) is 123 cm³/mol. The molecule has 1 unspecified atom stereocenters. The smallest absolute Gasteiger partial charge is 0.326 e. The summed E-state index contributed by atoms with van der Waals surface area (Å²) in [5, 5.41) is 22.7. The summed E-state index contributed by atoms with van der Waals surface area (Å²) >= 11 is 5.92. The van der Waals surface area contributed by atoms with E-state index in [1.54, 1.807) is 34.9 Å². The predicted octanol–water partition coefficient (Wildman–Crippen LogP) is 2.08. The molecule has 1 atom stereocenters. The van der Waals surface area contributed by atoms with Gasteiger partial charge in [-0.05, 0) is 48.7 Å². The summed E-state index contributed by atoms with van der Waals surface area (Å²) in [6.07, 6.45) is 0.993. The van der Waals surface area contributed by atoms with Crippen LogP contribution < -0.4 is 11.0 Å². The molecule has 1 saturated heterocycles. The Kier molecular flexibility index (Phi) is 6.95. The highest BCUT2D eigenvalue weighted by atomic mass is 35.5. The van der Waals surface area contributed by atoms with Gasteiger partial charge in [0.05, 0.1) is 23.7 Å². The average Bonchev–Trinajstić information content (AvgIpc) is 3.13. The summed E-state index contributed by atoms with van der Waals surface area (Å²) in [6, 6.07) is 12.4. The Morgan fingerprint density at radius 2 is 1.91 bits per heavy atom. The monoisotopic (exact) mass is 458 g/mol. The van der Waals surface area contributed by atoms with Gasteiger partial charge in [-0.25, -0.2) is 4.79 Å². The van der Waals surface area contributed by atoms with Crippen LogP contribution in [0.15, 0.2) is 47.3 Å². The van der Waals surface area contributed by atoms with Gasteiger partial charge in [0, 0.05) is 42.8 Å². The van der Waals surface area contributed by atoms with Crippen molar-refractivity contribution in [1.82, 2.24) is 19.8 Å². The summed E-state index contributed by atoms with van der Waals surface area (Å²) < 4.78 is 1.78. The van der Waals surface area contributed by atoms with Crippen molar-refractivity contribution < 1.29 is 15.0 Å². The van der Waals surface area contributed by atoms with Gasteiger partial charge in [0.15, 0.2) is 0 Å².